The third-order valence-electron chi connectivity index (χ3n) is 7.34. The zero-order chi connectivity index (χ0) is 23.2. The van der Waals surface area contributed by atoms with Crippen LogP contribution in [-0.4, -0.2) is 49.3 Å². The van der Waals surface area contributed by atoms with Crippen LogP contribution >= 0.6 is 0 Å². The lowest BCUT2D eigenvalue weighted by molar-refractivity contribution is -0.946. The summed E-state index contributed by atoms with van der Waals surface area (Å²) in [7, 11) is 0. The standard InChI is InChI=1S/C29H33N2O3/c32-29(28(24-10-4-1-5-11-24)30-25-12-6-2-7-13-25)34-27-22-31(18-16-23(27)17-19-31)20-21-33-26-14-8-3-9-15-26/h1-15,23,27-28,30H,16-22H2/q+1/t23?,27-,28?,31?/m0/s1. The minimum absolute atomic E-state index is 0.0458. The van der Waals surface area contributed by atoms with Gasteiger partial charge in [0, 0.05) is 24.4 Å². The fourth-order valence-electron chi connectivity index (χ4n) is 5.39. The Morgan fingerprint density at radius 3 is 2.18 bits per heavy atom. The number of carbonyl (C=O) groups is 1. The Hall–Kier alpha value is -3.31. The van der Waals surface area contributed by atoms with Gasteiger partial charge in [0.25, 0.3) is 0 Å². The zero-order valence-electron chi connectivity index (χ0n) is 19.5. The normalized spacial score (nSPS) is 24.2. The Morgan fingerprint density at radius 1 is 0.882 bits per heavy atom. The van der Waals surface area contributed by atoms with Gasteiger partial charge in [-0.3, -0.25) is 0 Å². The molecule has 0 aromatic heterocycles. The van der Waals surface area contributed by atoms with E-state index in [2.05, 4.69) is 5.32 Å². The predicted octanol–water partition coefficient (Wildman–Crippen LogP) is 5.07. The van der Waals surface area contributed by atoms with Crippen LogP contribution in [-0.2, 0) is 9.53 Å². The number of nitrogens with one attached hydrogen (secondary N) is 1. The average molecular weight is 458 g/mol. The van der Waals surface area contributed by atoms with Gasteiger partial charge in [0.05, 0.1) is 13.1 Å². The Morgan fingerprint density at radius 2 is 1.50 bits per heavy atom. The van der Waals surface area contributed by atoms with Crippen LogP contribution in [0.15, 0.2) is 91.0 Å². The van der Waals surface area contributed by atoms with Gasteiger partial charge in [-0.1, -0.05) is 66.7 Å². The fourth-order valence-corrected chi connectivity index (χ4v) is 5.39. The van der Waals surface area contributed by atoms with Crippen molar-refractivity contribution in [1.29, 1.82) is 0 Å². The number of esters is 1. The second-order valence-electron chi connectivity index (χ2n) is 9.52. The van der Waals surface area contributed by atoms with Gasteiger partial charge in [0.1, 0.15) is 25.4 Å². The molecule has 3 aliphatic rings. The van der Waals surface area contributed by atoms with E-state index < -0.39 is 6.04 Å². The molecule has 5 heteroatoms. The largest absolute Gasteiger partial charge is 0.488 e. The number of anilines is 1. The highest BCUT2D eigenvalue weighted by Gasteiger charge is 2.48. The maximum atomic E-state index is 13.5. The monoisotopic (exact) mass is 457 g/mol. The summed E-state index contributed by atoms with van der Waals surface area (Å²) in [6.45, 7) is 4.78. The molecule has 176 valence electrons. The van der Waals surface area contributed by atoms with Crippen molar-refractivity contribution in [3.63, 3.8) is 0 Å². The van der Waals surface area contributed by atoms with Crippen LogP contribution in [0.1, 0.15) is 24.4 Å². The number of hydrogen-bond donors (Lipinski definition) is 1. The van der Waals surface area contributed by atoms with Gasteiger partial charge in [0.15, 0.2) is 12.1 Å². The minimum atomic E-state index is -0.533. The van der Waals surface area contributed by atoms with Gasteiger partial charge in [-0.05, 0) is 29.8 Å². The lowest BCUT2D eigenvalue weighted by Gasteiger charge is -2.52. The second kappa shape index (κ2) is 10.3. The van der Waals surface area contributed by atoms with Crippen LogP contribution in [0.25, 0.3) is 0 Å². The number of quaternary nitrogens is 1. The number of benzene rings is 3. The number of piperidine rings is 3. The molecule has 1 N–H and O–H groups in total. The van der Waals surface area contributed by atoms with Crippen molar-refractivity contribution >= 4 is 11.7 Å². The first-order valence-electron chi connectivity index (χ1n) is 12.3. The quantitative estimate of drug-likeness (QED) is 0.360. The maximum absolute atomic E-state index is 13.5. The molecule has 3 aromatic rings. The van der Waals surface area contributed by atoms with Gasteiger partial charge < -0.3 is 19.3 Å². The minimum Gasteiger partial charge on any atom is -0.488 e. The molecule has 2 bridgehead atoms. The van der Waals surface area contributed by atoms with Gasteiger partial charge >= 0.3 is 5.97 Å². The van der Waals surface area contributed by atoms with Crippen molar-refractivity contribution in [2.75, 3.05) is 38.1 Å². The molecule has 3 fully saturated rings. The van der Waals surface area contributed by atoms with Crippen LogP contribution in [0, 0.1) is 5.92 Å². The van der Waals surface area contributed by atoms with E-state index in [1.54, 1.807) is 0 Å². The summed E-state index contributed by atoms with van der Waals surface area (Å²) in [5.74, 6) is 1.16. The highest BCUT2D eigenvalue weighted by atomic mass is 16.5. The van der Waals surface area contributed by atoms with E-state index in [9.17, 15) is 4.79 Å². The van der Waals surface area contributed by atoms with E-state index in [1.807, 2.05) is 91.0 Å². The first-order chi connectivity index (χ1) is 16.7. The Balaban J connectivity index is 1.25. The summed E-state index contributed by atoms with van der Waals surface area (Å²) in [4.78, 5) is 13.5. The number of rotatable bonds is 9. The second-order valence-corrected chi connectivity index (χ2v) is 9.52. The SMILES string of the molecule is O=C(O[C@H]1C[N+]2(CCOc3ccccc3)CCC1CC2)C(Nc1ccccc1)c1ccccc1. The summed E-state index contributed by atoms with van der Waals surface area (Å²) in [5, 5.41) is 3.39. The van der Waals surface area contributed by atoms with Gasteiger partial charge in [-0.2, -0.15) is 0 Å². The molecule has 3 aromatic carbocycles. The van der Waals surface area contributed by atoms with E-state index in [-0.39, 0.29) is 12.1 Å². The van der Waals surface area contributed by atoms with Crippen LogP contribution in [0.4, 0.5) is 5.69 Å². The Kier molecular flexibility index (Phi) is 6.82. The van der Waals surface area contributed by atoms with Gasteiger partial charge in [-0.25, -0.2) is 4.79 Å². The molecule has 0 saturated carbocycles. The lowest BCUT2D eigenvalue weighted by Crippen LogP contribution is -2.65. The zero-order valence-corrected chi connectivity index (χ0v) is 19.5. The summed E-state index contributed by atoms with van der Waals surface area (Å²) in [5.41, 5.74) is 1.82. The van der Waals surface area contributed by atoms with Crippen molar-refractivity contribution in [1.82, 2.24) is 0 Å². The van der Waals surface area contributed by atoms with Crippen LogP contribution in [0.2, 0.25) is 0 Å². The van der Waals surface area contributed by atoms with Crippen molar-refractivity contribution < 1.29 is 18.8 Å². The first-order valence-corrected chi connectivity index (χ1v) is 12.3. The van der Waals surface area contributed by atoms with E-state index in [0.717, 1.165) is 60.5 Å². The Bertz CT molecular complexity index is 1050. The van der Waals surface area contributed by atoms with Crippen molar-refractivity contribution in [2.24, 2.45) is 5.92 Å². The summed E-state index contributed by atoms with van der Waals surface area (Å²) in [6.07, 6.45) is 2.16. The molecule has 34 heavy (non-hydrogen) atoms. The van der Waals surface area contributed by atoms with Crippen molar-refractivity contribution in [2.45, 2.75) is 25.0 Å². The molecule has 0 radical (unpaired) electrons. The van der Waals surface area contributed by atoms with Gasteiger partial charge in [0.2, 0.25) is 0 Å². The average Bonchev–Trinajstić information content (AvgIpc) is 2.89. The lowest BCUT2D eigenvalue weighted by atomic mass is 9.83. The molecule has 0 spiro atoms. The van der Waals surface area contributed by atoms with E-state index in [0.29, 0.717) is 12.5 Å². The van der Waals surface area contributed by atoms with Crippen molar-refractivity contribution in [3.05, 3.63) is 96.6 Å². The molecule has 0 aliphatic carbocycles. The van der Waals surface area contributed by atoms with E-state index in [1.165, 1.54) is 0 Å². The molecule has 6 rings (SSSR count). The van der Waals surface area contributed by atoms with Gasteiger partial charge in [-0.15, -0.1) is 0 Å². The molecule has 1 unspecified atom stereocenters. The third-order valence-corrected chi connectivity index (χ3v) is 7.34. The number of ether oxygens (including phenoxy) is 2. The Labute approximate surface area is 201 Å². The third kappa shape index (κ3) is 5.26. The molecule has 0 amide bonds. The molecule has 5 nitrogen and oxygen atoms in total. The van der Waals surface area contributed by atoms with Crippen LogP contribution < -0.4 is 10.1 Å². The smallest absolute Gasteiger partial charge is 0.333 e. The summed E-state index contributed by atoms with van der Waals surface area (Å²) in [6, 6.07) is 29.2. The fraction of sp³-hybridized carbons (Fsp3) is 0.345. The number of hydrogen-bond acceptors (Lipinski definition) is 4. The van der Waals surface area contributed by atoms with E-state index >= 15 is 0 Å². The molecular formula is C29H33N2O3+. The number of fused-ring (bicyclic) bond motifs is 3. The topological polar surface area (TPSA) is 47.6 Å². The molecule has 3 heterocycles. The maximum Gasteiger partial charge on any atom is 0.333 e. The highest BCUT2D eigenvalue weighted by molar-refractivity contribution is 5.81. The molecule has 3 aliphatic heterocycles. The summed E-state index contributed by atoms with van der Waals surface area (Å²) < 4.78 is 13.2. The molecule has 3 saturated heterocycles. The predicted molar refractivity (Wildman–Crippen MR) is 134 cm³/mol. The number of nitrogens with zero attached hydrogens (tertiary/aromatic N) is 1. The van der Waals surface area contributed by atoms with Crippen LogP contribution in [0.3, 0.4) is 0 Å². The highest BCUT2D eigenvalue weighted by Crippen LogP contribution is 2.36. The van der Waals surface area contributed by atoms with Crippen LogP contribution in [0.5, 0.6) is 5.75 Å². The molecular weight excluding hydrogens is 424 g/mol. The van der Waals surface area contributed by atoms with E-state index in [4.69, 9.17) is 9.47 Å². The number of para-hydroxylation sites is 2. The summed E-state index contributed by atoms with van der Waals surface area (Å²) >= 11 is 0. The van der Waals surface area contributed by atoms with Crippen molar-refractivity contribution in [3.8, 4) is 5.75 Å². The molecule has 2 atom stereocenters. The first kappa shape index (κ1) is 22.5. The number of carbonyl (C=O) groups excluding carboxylic acids is 1.